The van der Waals surface area contributed by atoms with Crippen LogP contribution in [0.25, 0.3) is 0 Å². The third-order valence-electron chi connectivity index (χ3n) is 2.31. The van der Waals surface area contributed by atoms with E-state index >= 15 is 0 Å². The number of amides is 1. The molecule has 7 heteroatoms. The molecule has 0 saturated carbocycles. The van der Waals surface area contributed by atoms with Crippen molar-refractivity contribution >= 4 is 35.0 Å². The van der Waals surface area contributed by atoms with Crippen molar-refractivity contribution in [2.45, 2.75) is 0 Å². The second-order valence-electron chi connectivity index (χ2n) is 3.56. The second-order valence-corrected chi connectivity index (χ2v) is 4.66. The van der Waals surface area contributed by atoms with Crippen LogP contribution in [0.1, 0.15) is 10.4 Å². The average Bonchev–Trinajstić information content (AvgIpc) is 2.82. The van der Waals surface area contributed by atoms with Gasteiger partial charge in [-0.15, -0.1) is 11.4 Å². The summed E-state index contributed by atoms with van der Waals surface area (Å²) in [7, 11) is -1.56. The molecule has 4 N–H and O–H groups in total. The van der Waals surface area contributed by atoms with E-state index in [0.29, 0.717) is 11.0 Å². The molecule has 0 unspecified atom stereocenters. The van der Waals surface area contributed by atoms with Gasteiger partial charge in [-0.2, -0.15) is 0 Å². The van der Waals surface area contributed by atoms with Gasteiger partial charge in [-0.05, 0) is 17.6 Å². The Bertz CT molecular complexity index is 465. The fraction of sp³-hybridized carbons (Fsp3) is 0.200. The van der Waals surface area contributed by atoms with Gasteiger partial charge in [0.2, 0.25) is 0 Å². The summed E-state index contributed by atoms with van der Waals surface area (Å²) in [5, 5.41) is 24.5. The van der Waals surface area contributed by atoms with Gasteiger partial charge in [-0.1, -0.05) is 12.1 Å². The van der Waals surface area contributed by atoms with Crippen molar-refractivity contribution in [3.05, 3.63) is 29.8 Å². The Hall–Kier alpha value is -1.28. The summed E-state index contributed by atoms with van der Waals surface area (Å²) in [6, 6.07) is 6.25. The molecule has 1 amide bonds. The minimum atomic E-state index is -1.56. The molecule has 17 heavy (non-hydrogen) atoms. The van der Waals surface area contributed by atoms with Crippen molar-refractivity contribution in [1.82, 2.24) is 10.6 Å². The molecular formula is C10H12BN2O3S. The summed E-state index contributed by atoms with van der Waals surface area (Å²) in [6.45, 7) is 0.843. The van der Waals surface area contributed by atoms with E-state index in [2.05, 4.69) is 10.6 Å². The van der Waals surface area contributed by atoms with Gasteiger partial charge < -0.3 is 15.4 Å². The SMILES string of the molecule is O=C(NC1=[S]CCN1)c1cccc(B(O)O)c1. The Morgan fingerprint density at radius 1 is 1.47 bits per heavy atom. The molecule has 2 rings (SSSR count). The van der Waals surface area contributed by atoms with Crippen LogP contribution >= 0.6 is 11.4 Å². The van der Waals surface area contributed by atoms with E-state index < -0.39 is 7.12 Å². The predicted molar refractivity (Wildman–Crippen MR) is 69.2 cm³/mol. The molecule has 1 aliphatic heterocycles. The molecule has 0 aliphatic carbocycles. The van der Waals surface area contributed by atoms with Crippen LogP contribution in [0.5, 0.6) is 0 Å². The van der Waals surface area contributed by atoms with Crippen molar-refractivity contribution in [2.24, 2.45) is 0 Å². The highest BCUT2D eigenvalue weighted by Crippen LogP contribution is 1.99. The van der Waals surface area contributed by atoms with E-state index in [9.17, 15) is 4.79 Å². The molecule has 0 atom stereocenters. The first kappa shape index (κ1) is 12.2. The number of carbonyl (C=O) groups is 1. The summed E-state index contributed by atoms with van der Waals surface area (Å²) >= 11 is 1.55. The van der Waals surface area contributed by atoms with Gasteiger partial charge in [-0.25, -0.2) is 0 Å². The van der Waals surface area contributed by atoms with Crippen LogP contribution in [0.2, 0.25) is 0 Å². The van der Waals surface area contributed by atoms with E-state index in [1.165, 1.54) is 6.07 Å². The number of nitrogens with one attached hydrogen (secondary N) is 2. The predicted octanol–water partition coefficient (Wildman–Crippen LogP) is -1.48. The molecule has 1 aromatic rings. The zero-order chi connectivity index (χ0) is 12.3. The van der Waals surface area contributed by atoms with Crippen molar-refractivity contribution in [3.63, 3.8) is 0 Å². The minimum Gasteiger partial charge on any atom is -0.423 e. The van der Waals surface area contributed by atoms with E-state index in [4.69, 9.17) is 10.0 Å². The Morgan fingerprint density at radius 2 is 2.29 bits per heavy atom. The molecule has 1 aromatic carbocycles. The van der Waals surface area contributed by atoms with Gasteiger partial charge in [-0.3, -0.25) is 10.1 Å². The number of benzene rings is 1. The molecule has 0 spiro atoms. The maximum absolute atomic E-state index is 11.8. The van der Waals surface area contributed by atoms with E-state index in [1.807, 2.05) is 0 Å². The van der Waals surface area contributed by atoms with Crippen molar-refractivity contribution in [1.29, 1.82) is 0 Å². The van der Waals surface area contributed by atoms with E-state index in [0.717, 1.165) is 17.4 Å². The first-order valence-electron chi connectivity index (χ1n) is 5.18. The van der Waals surface area contributed by atoms with Crippen molar-refractivity contribution in [2.75, 3.05) is 12.3 Å². The Labute approximate surface area is 103 Å². The highest BCUT2D eigenvalue weighted by molar-refractivity contribution is 7.99. The number of rotatable bonds is 2. The van der Waals surface area contributed by atoms with Crippen LogP contribution in [0.4, 0.5) is 0 Å². The molecule has 1 heterocycles. The quantitative estimate of drug-likeness (QED) is 0.381. The lowest BCUT2D eigenvalue weighted by Gasteiger charge is -2.06. The van der Waals surface area contributed by atoms with Crippen LogP contribution in [0.3, 0.4) is 0 Å². The van der Waals surface area contributed by atoms with Crippen LogP contribution in [-0.4, -0.2) is 40.5 Å². The summed E-state index contributed by atoms with van der Waals surface area (Å²) < 4.78 is 0. The highest BCUT2D eigenvalue weighted by atomic mass is 32.1. The number of hydrogen-bond donors (Lipinski definition) is 4. The van der Waals surface area contributed by atoms with Gasteiger partial charge in [0, 0.05) is 17.9 Å². The Morgan fingerprint density at radius 3 is 2.94 bits per heavy atom. The maximum Gasteiger partial charge on any atom is 0.488 e. The van der Waals surface area contributed by atoms with Gasteiger partial charge in [0.05, 0.1) is 0 Å². The van der Waals surface area contributed by atoms with Crippen LogP contribution in [0.15, 0.2) is 24.3 Å². The zero-order valence-electron chi connectivity index (χ0n) is 9.01. The Kier molecular flexibility index (Phi) is 3.85. The minimum absolute atomic E-state index is 0.260. The zero-order valence-corrected chi connectivity index (χ0v) is 9.83. The lowest BCUT2D eigenvalue weighted by atomic mass is 9.79. The number of hydrogen-bond acceptors (Lipinski definition) is 4. The molecule has 0 fully saturated rings. The van der Waals surface area contributed by atoms with Gasteiger partial charge >= 0.3 is 7.12 Å². The summed E-state index contributed by atoms with van der Waals surface area (Å²) in [5.74, 6) is 0.676. The smallest absolute Gasteiger partial charge is 0.423 e. The number of carbonyl (C=O) groups excluding carboxylic acids is 1. The molecule has 0 aromatic heterocycles. The normalized spacial score (nSPS) is 14.4. The maximum atomic E-state index is 11.8. The lowest BCUT2D eigenvalue weighted by Crippen LogP contribution is -2.38. The standard InChI is InChI=1S/C10H12BN2O3S/c14-9(13-10-12-4-5-17-10)7-2-1-3-8(6-7)11(15)16/h1-3,6,12,15-16H,4-5H2,(H,13,14). The first-order valence-corrected chi connectivity index (χ1v) is 6.16. The fourth-order valence-electron chi connectivity index (χ4n) is 1.46. The molecular weight excluding hydrogens is 239 g/mol. The van der Waals surface area contributed by atoms with E-state index in [-0.39, 0.29) is 5.91 Å². The van der Waals surface area contributed by atoms with Gasteiger partial charge in [0.15, 0.2) is 0 Å². The monoisotopic (exact) mass is 251 g/mol. The molecule has 0 saturated heterocycles. The molecule has 1 radical (unpaired) electrons. The molecule has 0 bridgehead atoms. The van der Waals surface area contributed by atoms with Crippen LogP contribution in [0, 0.1) is 0 Å². The summed E-state index contributed by atoms with van der Waals surface area (Å²) in [6.07, 6.45) is 0. The summed E-state index contributed by atoms with van der Waals surface area (Å²) in [5.41, 5.74) is 0.701. The van der Waals surface area contributed by atoms with E-state index in [1.54, 1.807) is 29.6 Å². The topological polar surface area (TPSA) is 81.6 Å². The molecule has 89 valence electrons. The first-order chi connectivity index (χ1) is 8.16. The van der Waals surface area contributed by atoms with Crippen molar-refractivity contribution in [3.8, 4) is 0 Å². The third kappa shape index (κ3) is 3.10. The average molecular weight is 251 g/mol. The van der Waals surface area contributed by atoms with Crippen molar-refractivity contribution < 1.29 is 14.8 Å². The molecule has 1 aliphatic rings. The van der Waals surface area contributed by atoms with Crippen LogP contribution < -0.4 is 16.1 Å². The second kappa shape index (κ2) is 5.37. The molecule has 5 nitrogen and oxygen atoms in total. The fourth-order valence-corrected chi connectivity index (χ4v) is 2.24. The van der Waals surface area contributed by atoms with Gasteiger partial charge in [0.25, 0.3) is 5.91 Å². The largest absolute Gasteiger partial charge is 0.488 e. The van der Waals surface area contributed by atoms with Crippen LogP contribution in [-0.2, 0) is 0 Å². The Balaban J connectivity index is 2.10. The van der Waals surface area contributed by atoms with Gasteiger partial charge in [0.1, 0.15) is 5.11 Å². The highest BCUT2D eigenvalue weighted by Gasteiger charge is 2.15. The summed E-state index contributed by atoms with van der Waals surface area (Å²) in [4.78, 5) is 11.8. The lowest BCUT2D eigenvalue weighted by molar-refractivity contribution is 0.0977. The third-order valence-corrected chi connectivity index (χ3v) is 3.25.